The predicted octanol–water partition coefficient (Wildman–Crippen LogP) is 3.48. The fourth-order valence-electron chi connectivity index (χ4n) is 1.72. The number of amides is 2. The highest BCUT2D eigenvalue weighted by Gasteiger charge is 2.02. The summed E-state index contributed by atoms with van der Waals surface area (Å²) in [7, 11) is 0. The molecule has 2 amide bonds. The SMILES string of the molecule is O=C(NCc1cccc(F)c1)NCc1cccc(Cl)c1. The molecule has 0 aliphatic heterocycles. The van der Waals surface area contributed by atoms with Crippen molar-refractivity contribution in [2.45, 2.75) is 13.1 Å². The van der Waals surface area contributed by atoms with Gasteiger partial charge in [0.1, 0.15) is 5.82 Å². The average molecular weight is 293 g/mol. The molecule has 0 aliphatic rings. The molecule has 0 heterocycles. The zero-order valence-electron chi connectivity index (χ0n) is 10.7. The largest absolute Gasteiger partial charge is 0.334 e. The monoisotopic (exact) mass is 292 g/mol. The Hall–Kier alpha value is -2.07. The van der Waals surface area contributed by atoms with E-state index in [9.17, 15) is 9.18 Å². The van der Waals surface area contributed by atoms with Crippen LogP contribution in [-0.4, -0.2) is 6.03 Å². The van der Waals surface area contributed by atoms with Crippen LogP contribution < -0.4 is 10.6 Å². The third kappa shape index (κ3) is 4.55. The molecular formula is C15H14ClFN2O. The van der Waals surface area contributed by atoms with Gasteiger partial charge in [-0.15, -0.1) is 0 Å². The molecule has 0 aliphatic carbocycles. The van der Waals surface area contributed by atoms with Gasteiger partial charge in [0.05, 0.1) is 0 Å². The van der Waals surface area contributed by atoms with Gasteiger partial charge in [-0.25, -0.2) is 9.18 Å². The van der Waals surface area contributed by atoms with E-state index in [0.29, 0.717) is 17.1 Å². The average Bonchev–Trinajstić information content (AvgIpc) is 2.43. The van der Waals surface area contributed by atoms with Gasteiger partial charge in [0.2, 0.25) is 0 Å². The highest BCUT2D eigenvalue weighted by atomic mass is 35.5. The van der Waals surface area contributed by atoms with Gasteiger partial charge in [0.15, 0.2) is 0 Å². The van der Waals surface area contributed by atoms with E-state index in [0.717, 1.165) is 5.56 Å². The van der Waals surface area contributed by atoms with Crippen molar-refractivity contribution in [3.05, 3.63) is 70.5 Å². The van der Waals surface area contributed by atoms with E-state index in [2.05, 4.69) is 10.6 Å². The fourth-order valence-corrected chi connectivity index (χ4v) is 1.93. The normalized spacial score (nSPS) is 10.1. The van der Waals surface area contributed by atoms with Crippen molar-refractivity contribution in [2.75, 3.05) is 0 Å². The van der Waals surface area contributed by atoms with Crippen LogP contribution in [-0.2, 0) is 13.1 Å². The Labute approximate surface area is 121 Å². The standard InChI is InChI=1S/C15H14ClFN2O/c16-13-5-1-3-11(7-13)9-18-15(20)19-10-12-4-2-6-14(17)8-12/h1-8H,9-10H2,(H2,18,19,20). The van der Waals surface area contributed by atoms with E-state index >= 15 is 0 Å². The van der Waals surface area contributed by atoms with Crippen LogP contribution in [0.4, 0.5) is 9.18 Å². The summed E-state index contributed by atoms with van der Waals surface area (Å²) in [6.07, 6.45) is 0. The lowest BCUT2D eigenvalue weighted by Gasteiger charge is -2.08. The van der Waals surface area contributed by atoms with E-state index in [1.807, 2.05) is 12.1 Å². The van der Waals surface area contributed by atoms with Crippen LogP contribution in [0, 0.1) is 5.82 Å². The summed E-state index contributed by atoms with van der Waals surface area (Å²) in [5.74, 6) is -0.316. The van der Waals surface area contributed by atoms with E-state index in [4.69, 9.17) is 11.6 Å². The summed E-state index contributed by atoms with van der Waals surface area (Å²) < 4.78 is 13.0. The number of nitrogens with one attached hydrogen (secondary N) is 2. The first-order chi connectivity index (χ1) is 9.63. The molecule has 0 aromatic heterocycles. The minimum Gasteiger partial charge on any atom is -0.334 e. The molecular weight excluding hydrogens is 279 g/mol. The molecule has 3 nitrogen and oxygen atoms in total. The number of halogens is 2. The predicted molar refractivity (Wildman–Crippen MR) is 76.9 cm³/mol. The lowest BCUT2D eigenvalue weighted by atomic mass is 10.2. The Balaban J connectivity index is 1.78. The zero-order valence-corrected chi connectivity index (χ0v) is 11.5. The Morgan fingerprint density at radius 2 is 1.60 bits per heavy atom. The van der Waals surface area contributed by atoms with Crippen LogP contribution in [0.5, 0.6) is 0 Å². The smallest absolute Gasteiger partial charge is 0.315 e. The second-order valence-electron chi connectivity index (χ2n) is 4.30. The van der Waals surface area contributed by atoms with E-state index in [1.165, 1.54) is 12.1 Å². The van der Waals surface area contributed by atoms with Crippen molar-refractivity contribution in [1.82, 2.24) is 10.6 Å². The first-order valence-electron chi connectivity index (χ1n) is 6.14. The van der Waals surface area contributed by atoms with Crippen LogP contribution in [0.15, 0.2) is 48.5 Å². The zero-order chi connectivity index (χ0) is 14.4. The van der Waals surface area contributed by atoms with Gasteiger partial charge >= 0.3 is 6.03 Å². The van der Waals surface area contributed by atoms with Gasteiger partial charge in [-0.1, -0.05) is 35.9 Å². The first-order valence-corrected chi connectivity index (χ1v) is 6.52. The highest BCUT2D eigenvalue weighted by molar-refractivity contribution is 6.30. The summed E-state index contributed by atoms with van der Waals surface area (Å²) in [6, 6.07) is 13.1. The van der Waals surface area contributed by atoms with E-state index < -0.39 is 0 Å². The number of carbonyl (C=O) groups is 1. The van der Waals surface area contributed by atoms with Gasteiger partial charge in [-0.05, 0) is 35.4 Å². The first kappa shape index (κ1) is 14.3. The van der Waals surface area contributed by atoms with Gasteiger partial charge in [0.25, 0.3) is 0 Å². The van der Waals surface area contributed by atoms with Crippen LogP contribution in [0.3, 0.4) is 0 Å². The van der Waals surface area contributed by atoms with Crippen LogP contribution in [0.25, 0.3) is 0 Å². The Kier molecular flexibility index (Phi) is 4.96. The van der Waals surface area contributed by atoms with Gasteiger partial charge in [-0.3, -0.25) is 0 Å². The third-order valence-corrected chi connectivity index (χ3v) is 2.92. The van der Waals surface area contributed by atoms with E-state index in [-0.39, 0.29) is 18.4 Å². The quantitative estimate of drug-likeness (QED) is 0.890. The second-order valence-corrected chi connectivity index (χ2v) is 4.73. The molecule has 0 fully saturated rings. The van der Waals surface area contributed by atoms with Crippen molar-refractivity contribution in [2.24, 2.45) is 0 Å². The summed E-state index contributed by atoms with van der Waals surface area (Å²) >= 11 is 5.85. The molecule has 0 spiro atoms. The number of carbonyl (C=O) groups excluding carboxylic acids is 1. The molecule has 0 unspecified atom stereocenters. The van der Waals surface area contributed by atoms with Crippen molar-refractivity contribution < 1.29 is 9.18 Å². The number of urea groups is 1. The molecule has 0 saturated carbocycles. The van der Waals surface area contributed by atoms with Crippen molar-refractivity contribution in [1.29, 1.82) is 0 Å². The molecule has 2 aromatic carbocycles. The molecule has 2 N–H and O–H groups in total. The molecule has 20 heavy (non-hydrogen) atoms. The summed E-state index contributed by atoms with van der Waals surface area (Å²) in [4.78, 5) is 11.6. The Morgan fingerprint density at radius 1 is 1.00 bits per heavy atom. The number of rotatable bonds is 4. The van der Waals surface area contributed by atoms with Crippen LogP contribution in [0.2, 0.25) is 5.02 Å². The maximum absolute atomic E-state index is 13.0. The fraction of sp³-hybridized carbons (Fsp3) is 0.133. The molecule has 2 rings (SSSR count). The highest BCUT2D eigenvalue weighted by Crippen LogP contribution is 2.10. The molecule has 0 atom stereocenters. The number of hydrogen-bond acceptors (Lipinski definition) is 1. The van der Waals surface area contributed by atoms with E-state index in [1.54, 1.807) is 24.3 Å². The minimum absolute atomic E-state index is 0.277. The number of benzene rings is 2. The molecule has 2 aromatic rings. The maximum atomic E-state index is 13.0. The number of hydrogen-bond donors (Lipinski definition) is 2. The van der Waals surface area contributed by atoms with Crippen LogP contribution in [0.1, 0.15) is 11.1 Å². The van der Waals surface area contributed by atoms with Gasteiger partial charge in [0, 0.05) is 18.1 Å². The second kappa shape index (κ2) is 6.91. The molecule has 5 heteroatoms. The van der Waals surface area contributed by atoms with Crippen molar-refractivity contribution in [3.63, 3.8) is 0 Å². The maximum Gasteiger partial charge on any atom is 0.315 e. The summed E-state index contributed by atoms with van der Waals surface area (Å²) in [5, 5.41) is 6.00. The summed E-state index contributed by atoms with van der Waals surface area (Å²) in [5.41, 5.74) is 1.63. The molecule has 0 saturated heterocycles. The topological polar surface area (TPSA) is 41.1 Å². The van der Waals surface area contributed by atoms with Gasteiger partial charge < -0.3 is 10.6 Å². The molecule has 104 valence electrons. The third-order valence-electron chi connectivity index (χ3n) is 2.68. The van der Waals surface area contributed by atoms with Crippen molar-refractivity contribution >= 4 is 17.6 Å². The van der Waals surface area contributed by atoms with Crippen LogP contribution >= 0.6 is 11.6 Å². The molecule has 0 radical (unpaired) electrons. The minimum atomic E-state index is -0.316. The Bertz CT molecular complexity index is 552. The summed E-state index contributed by atoms with van der Waals surface area (Å²) in [6.45, 7) is 0.661. The van der Waals surface area contributed by atoms with Gasteiger partial charge in [-0.2, -0.15) is 0 Å². The lowest BCUT2D eigenvalue weighted by Crippen LogP contribution is -2.34. The molecule has 0 bridgehead atoms. The van der Waals surface area contributed by atoms with Crippen molar-refractivity contribution in [3.8, 4) is 0 Å². The Morgan fingerprint density at radius 3 is 2.20 bits per heavy atom. The lowest BCUT2D eigenvalue weighted by molar-refractivity contribution is 0.240.